The van der Waals surface area contributed by atoms with Crippen LogP contribution < -0.4 is 5.73 Å². The molecule has 1 rings (SSSR count). The molecule has 0 spiro atoms. The van der Waals surface area contributed by atoms with Gasteiger partial charge in [-0.25, -0.2) is 0 Å². The molecule has 1 aromatic rings. The van der Waals surface area contributed by atoms with Crippen LogP contribution in [-0.4, -0.2) is 22.8 Å². The third-order valence-electron chi connectivity index (χ3n) is 1.91. The van der Waals surface area contributed by atoms with Gasteiger partial charge >= 0.3 is 0 Å². The Balaban J connectivity index is 2.42. The molecule has 0 bridgehead atoms. The molecule has 0 aliphatic rings. The van der Waals surface area contributed by atoms with Crippen molar-refractivity contribution in [2.24, 2.45) is 5.73 Å². The highest BCUT2D eigenvalue weighted by Crippen LogP contribution is 2.01. The van der Waals surface area contributed by atoms with Crippen LogP contribution in [0, 0.1) is 0 Å². The van der Waals surface area contributed by atoms with Gasteiger partial charge < -0.3 is 15.0 Å². The fourth-order valence-electron chi connectivity index (χ4n) is 1.24. The lowest BCUT2D eigenvalue weighted by molar-refractivity contribution is 0.127. The molecule has 14 heavy (non-hydrogen) atoms. The quantitative estimate of drug-likeness (QED) is 0.574. The van der Waals surface area contributed by atoms with E-state index < -0.39 is 0 Å². The first kappa shape index (κ1) is 11.2. The molecule has 0 aliphatic carbocycles. The first-order chi connectivity index (χ1) is 6.75. The summed E-state index contributed by atoms with van der Waals surface area (Å²) in [7, 11) is 0. The Morgan fingerprint density at radius 2 is 2.36 bits per heavy atom. The Morgan fingerprint density at radius 1 is 1.57 bits per heavy atom. The van der Waals surface area contributed by atoms with Gasteiger partial charge in [0.05, 0.1) is 12.3 Å². The Bertz CT molecular complexity index is 296. The van der Waals surface area contributed by atoms with E-state index in [-0.39, 0.29) is 0 Å². The summed E-state index contributed by atoms with van der Waals surface area (Å²) >= 11 is 4.92. The van der Waals surface area contributed by atoms with Crippen molar-refractivity contribution in [3.05, 3.63) is 24.0 Å². The molecule has 1 heterocycles. The summed E-state index contributed by atoms with van der Waals surface area (Å²) in [5.41, 5.74) is 6.46. The lowest BCUT2D eigenvalue weighted by Crippen LogP contribution is -2.17. The Labute approximate surface area is 89.9 Å². The van der Waals surface area contributed by atoms with E-state index in [9.17, 15) is 0 Å². The van der Waals surface area contributed by atoms with Gasteiger partial charge in [-0.05, 0) is 18.6 Å². The first-order valence-corrected chi connectivity index (χ1v) is 5.19. The Morgan fingerprint density at radius 3 is 3.00 bits per heavy atom. The summed E-state index contributed by atoms with van der Waals surface area (Å²) in [6.07, 6.45) is 3.01. The number of nitrogens with zero attached hydrogens (tertiary/aromatic N) is 1. The van der Waals surface area contributed by atoms with E-state index in [1.807, 2.05) is 22.9 Å². The van der Waals surface area contributed by atoms with Gasteiger partial charge in [0.2, 0.25) is 0 Å². The molecular weight excluding hydrogens is 196 g/mol. The van der Waals surface area contributed by atoms with Gasteiger partial charge in [-0.15, -0.1) is 0 Å². The van der Waals surface area contributed by atoms with Gasteiger partial charge in [0.25, 0.3) is 0 Å². The summed E-state index contributed by atoms with van der Waals surface area (Å²) < 4.78 is 7.40. The van der Waals surface area contributed by atoms with Crippen LogP contribution in [0.25, 0.3) is 0 Å². The van der Waals surface area contributed by atoms with E-state index in [0.717, 1.165) is 25.3 Å². The molecule has 2 N–H and O–H groups in total. The number of hydrogen-bond donors (Lipinski definition) is 1. The average Bonchev–Trinajstić information content (AvgIpc) is 2.60. The predicted molar refractivity (Wildman–Crippen MR) is 61.4 cm³/mol. The molecule has 0 aromatic carbocycles. The lowest BCUT2D eigenvalue weighted by Gasteiger charge is -2.07. The third kappa shape index (κ3) is 3.12. The van der Waals surface area contributed by atoms with Crippen molar-refractivity contribution in [3.63, 3.8) is 0 Å². The number of hydrogen-bond acceptors (Lipinski definition) is 2. The van der Waals surface area contributed by atoms with Crippen LogP contribution in [0.1, 0.15) is 19.0 Å². The predicted octanol–water partition coefficient (Wildman–Crippen LogP) is 1.55. The molecule has 0 saturated carbocycles. The largest absolute Gasteiger partial charge is 0.388 e. The zero-order valence-electron chi connectivity index (χ0n) is 8.40. The summed E-state index contributed by atoms with van der Waals surface area (Å²) in [6.45, 7) is 4.41. The van der Waals surface area contributed by atoms with Crippen LogP contribution in [0.5, 0.6) is 0 Å². The van der Waals surface area contributed by atoms with Crippen LogP contribution in [0.15, 0.2) is 18.3 Å². The average molecular weight is 212 g/mol. The molecule has 0 fully saturated rings. The first-order valence-electron chi connectivity index (χ1n) is 4.78. The maximum absolute atomic E-state index is 5.56. The number of aromatic nitrogens is 1. The van der Waals surface area contributed by atoms with Crippen molar-refractivity contribution in [1.82, 2.24) is 4.57 Å². The summed E-state index contributed by atoms with van der Waals surface area (Å²) in [5, 5.41) is 0. The highest BCUT2D eigenvalue weighted by Gasteiger charge is 2.02. The Hall–Kier alpha value is -0.870. The fraction of sp³-hybridized carbons (Fsp3) is 0.500. The molecule has 0 unspecified atom stereocenters. The minimum atomic E-state index is 0.436. The van der Waals surface area contributed by atoms with Crippen molar-refractivity contribution in [2.75, 3.05) is 13.2 Å². The second-order valence-corrected chi connectivity index (χ2v) is 3.50. The zero-order valence-corrected chi connectivity index (χ0v) is 9.22. The highest BCUT2D eigenvalue weighted by atomic mass is 32.1. The van der Waals surface area contributed by atoms with E-state index >= 15 is 0 Å². The van der Waals surface area contributed by atoms with Gasteiger partial charge in [-0.2, -0.15) is 0 Å². The maximum atomic E-state index is 5.56. The molecular formula is C10H16N2OS. The van der Waals surface area contributed by atoms with Crippen LogP contribution in [0.2, 0.25) is 0 Å². The molecule has 4 heteroatoms. The Kier molecular flexibility index (Phi) is 4.62. The van der Waals surface area contributed by atoms with Crippen LogP contribution in [-0.2, 0) is 11.3 Å². The number of rotatable bonds is 6. The van der Waals surface area contributed by atoms with Gasteiger partial charge in [0, 0.05) is 19.3 Å². The van der Waals surface area contributed by atoms with Crippen LogP contribution >= 0.6 is 12.2 Å². The van der Waals surface area contributed by atoms with Crippen LogP contribution in [0.4, 0.5) is 0 Å². The topological polar surface area (TPSA) is 40.2 Å². The molecule has 0 radical (unpaired) electrons. The second-order valence-electron chi connectivity index (χ2n) is 3.06. The van der Waals surface area contributed by atoms with Crippen molar-refractivity contribution >= 4 is 17.2 Å². The van der Waals surface area contributed by atoms with Crippen LogP contribution in [0.3, 0.4) is 0 Å². The molecule has 0 amide bonds. The second kappa shape index (κ2) is 5.78. The van der Waals surface area contributed by atoms with E-state index in [0.29, 0.717) is 11.6 Å². The summed E-state index contributed by atoms with van der Waals surface area (Å²) in [6, 6.07) is 3.86. The van der Waals surface area contributed by atoms with Crippen molar-refractivity contribution < 1.29 is 4.74 Å². The molecule has 0 atom stereocenters. The lowest BCUT2D eigenvalue weighted by atomic mass is 10.4. The normalized spacial score (nSPS) is 10.4. The van der Waals surface area contributed by atoms with E-state index in [2.05, 4.69) is 6.92 Å². The fourth-order valence-corrected chi connectivity index (χ4v) is 1.43. The monoisotopic (exact) mass is 212 g/mol. The van der Waals surface area contributed by atoms with E-state index in [1.54, 1.807) is 0 Å². The standard InChI is InChI=1S/C10H16N2OS/c1-2-7-13-8-6-12-5-3-4-9(12)10(11)14/h3-5H,2,6-8H2,1H3,(H2,11,14). The van der Waals surface area contributed by atoms with Gasteiger partial charge in [0.1, 0.15) is 4.99 Å². The molecule has 0 aliphatic heterocycles. The smallest absolute Gasteiger partial charge is 0.120 e. The summed E-state index contributed by atoms with van der Waals surface area (Å²) in [4.78, 5) is 0.436. The van der Waals surface area contributed by atoms with Gasteiger partial charge in [-0.3, -0.25) is 0 Å². The summed E-state index contributed by atoms with van der Waals surface area (Å²) in [5.74, 6) is 0. The van der Waals surface area contributed by atoms with Gasteiger partial charge in [0.15, 0.2) is 0 Å². The SMILES string of the molecule is CCCOCCn1cccc1C(N)=S. The molecule has 78 valence electrons. The number of ether oxygens (including phenoxy) is 1. The maximum Gasteiger partial charge on any atom is 0.120 e. The van der Waals surface area contributed by atoms with Gasteiger partial charge in [-0.1, -0.05) is 19.1 Å². The van der Waals surface area contributed by atoms with E-state index in [4.69, 9.17) is 22.7 Å². The molecule has 0 saturated heterocycles. The minimum Gasteiger partial charge on any atom is -0.388 e. The molecule has 3 nitrogen and oxygen atoms in total. The minimum absolute atomic E-state index is 0.436. The number of thiocarbonyl (C=S) groups is 1. The van der Waals surface area contributed by atoms with E-state index in [1.165, 1.54) is 0 Å². The molecule has 1 aromatic heterocycles. The van der Waals surface area contributed by atoms with Crippen molar-refractivity contribution in [2.45, 2.75) is 19.9 Å². The number of nitrogens with two attached hydrogens (primary N) is 1. The van der Waals surface area contributed by atoms with Crippen molar-refractivity contribution in [3.8, 4) is 0 Å². The zero-order chi connectivity index (χ0) is 10.4. The van der Waals surface area contributed by atoms with Crippen molar-refractivity contribution in [1.29, 1.82) is 0 Å². The third-order valence-corrected chi connectivity index (χ3v) is 2.12. The highest BCUT2D eigenvalue weighted by molar-refractivity contribution is 7.80.